The minimum Gasteiger partial charge on any atom is -0.457 e. The Morgan fingerprint density at radius 2 is 2.00 bits per heavy atom. The molecule has 10 heteroatoms. The fraction of sp³-hybridized carbons (Fsp3) is 0.476. The Morgan fingerprint density at radius 1 is 1.13 bits per heavy atom. The van der Waals surface area contributed by atoms with Gasteiger partial charge >= 0.3 is 5.97 Å². The van der Waals surface area contributed by atoms with Gasteiger partial charge in [0.1, 0.15) is 10.6 Å². The molecule has 1 saturated heterocycles. The van der Waals surface area contributed by atoms with Gasteiger partial charge < -0.3 is 10.5 Å². The van der Waals surface area contributed by atoms with Crippen molar-refractivity contribution in [2.24, 2.45) is 0 Å². The maximum atomic E-state index is 12.3. The van der Waals surface area contributed by atoms with E-state index in [0.29, 0.717) is 35.4 Å². The van der Waals surface area contributed by atoms with Crippen LogP contribution in [-0.2, 0) is 40.2 Å². The van der Waals surface area contributed by atoms with E-state index in [0.717, 1.165) is 29.5 Å². The molecule has 0 unspecified atom stereocenters. The molecule has 31 heavy (non-hydrogen) atoms. The number of esters is 1. The van der Waals surface area contributed by atoms with Crippen LogP contribution in [0.1, 0.15) is 54.1 Å². The molecule has 0 aromatic carbocycles. The number of hydrogen-bond donors (Lipinski definition) is 1. The summed E-state index contributed by atoms with van der Waals surface area (Å²) in [4.78, 5) is 41.5. The first-order valence-electron chi connectivity index (χ1n) is 10.6. The molecule has 1 aliphatic heterocycles. The zero-order chi connectivity index (χ0) is 21.4. The third-order valence-electron chi connectivity index (χ3n) is 5.67. The van der Waals surface area contributed by atoms with Crippen molar-refractivity contribution in [3.8, 4) is 0 Å². The van der Waals surface area contributed by atoms with Gasteiger partial charge in [0.2, 0.25) is 5.91 Å². The van der Waals surface area contributed by atoms with Crippen LogP contribution in [0.4, 0.5) is 10.9 Å². The van der Waals surface area contributed by atoms with Crippen molar-refractivity contribution in [2.75, 3.05) is 17.2 Å². The molecule has 5 rings (SSSR count). The number of nitrogen functional groups attached to an aromatic ring is 1. The molecule has 8 nitrogen and oxygen atoms in total. The number of aryl methyl sites for hydroxylation is 2. The highest BCUT2D eigenvalue weighted by molar-refractivity contribution is 7.19. The summed E-state index contributed by atoms with van der Waals surface area (Å²) in [5.41, 5.74) is 8.15. The Morgan fingerprint density at radius 3 is 2.84 bits per heavy atom. The van der Waals surface area contributed by atoms with Gasteiger partial charge in [0, 0.05) is 23.2 Å². The predicted octanol–water partition coefficient (Wildman–Crippen LogP) is 3.41. The van der Waals surface area contributed by atoms with E-state index < -0.39 is 5.97 Å². The molecule has 162 valence electrons. The van der Waals surface area contributed by atoms with Crippen LogP contribution >= 0.6 is 22.7 Å². The summed E-state index contributed by atoms with van der Waals surface area (Å²) in [6.45, 7) is 0.659. The molecule has 3 aromatic rings. The summed E-state index contributed by atoms with van der Waals surface area (Å²) < 4.78 is 5.38. The number of thiophene rings is 1. The number of nitrogens with two attached hydrogens (primary N) is 1. The lowest BCUT2D eigenvalue weighted by atomic mass is 10.1. The summed E-state index contributed by atoms with van der Waals surface area (Å²) in [6, 6.07) is 0. The minimum absolute atomic E-state index is 0.0247. The number of aromatic nitrogens is 3. The van der Waals surface area contributed by atoms with E-state index in [1.54, 1.807) is 21.6 Å². The van der Waals surface area contributed by atoms with Crippen molar-refractivity contribution in [1.29, 1.82) is 0 Å². The molecule has 1 fully saturated rings. The van der Waals surface area contributed by atoms with E-state index in [9.17, 15) is 9.59 Å². The van der Waals surface area contributed by atoms with Crippen LogP contribution in [0.2, 0.25) is 0 Å². The van der Waals surface area contributed by atoms with Crippen LogP contribution in [0.3, 0.4) is 0 Å². The van der Waals surface area contributed by atoms with Crippen molar-refractivity contribution in [2.45, 2.75) is 58.0 Å². The van der Waals surface area contributed by atoms with Crippen molar-refractivity contribution >= 4 is 55.7 Å². The predicted molar refractivity (Wildman–Crippen MR) is 120 cm³/mol. The van der Waals surface area contributed by atoms with Gasteiger partial charge in [-0.2, -0.15) is 0 Å². The van der Waals surface area contributed by atoms with E-state index >= 15 is 0 Å². The third-order valence-corrected chi connectivity index (χ3v) is 7.77. The second-order valence-electron chi connectivity index (χ2n) is 7.88. The molecule has 4 heterocycles. The molecule has 2 aliphatic rings. The van der Waals surface area contributed by atoms with E-state index in [1.165, 1.54) is 41.0 Å². The highest BCUT2D eigenvalue weighted by Gasteiger charge is 2.25. The first-order valence-corrected chi connectivity index (χ1v) is 12.2. The van der Waals surface area contributed by atoms with Crippen molar-refractivity contribution in [3.05, 3.63) is 27.3 Å². The summed E-state index contributed by atoms with van der Waals surface area (Å²) in [6.07, 6.45) is 7.14. The molecule has 3 aromatic heterocycles. The monoisotopic (exact) mass is 457 g/mol. The van der Waals surface area contributed by atoms with Crippen LogP contribution in [-0.4, -0.2) is 33.4 Å². The lowest BCUT2D eigenvalue weighted by molar-refractivity contribution is -0.144. The first-order chi connectivity index (χ1) is 15.1. The zero-order valence-corrected chi connectivity index (χ0v) is 18.7. The number of ether oxygens (including phenoxy) is 1. The highest BCUT2D eigenvalue weighted by Crippen LogP contribution is 2.37. The van der Waals surface area contributed by atoms with Crippen LogP contribution in [0.25, 0.3) is 10.2 Å². The average molecular weight is 458 g/mol. The van der Waals surface area contributed by atoms with Gasteiger partial charge in [-0.3, -0.25) is 14.5 Å². The summed E-state index contributed by atoms with van der Waals surface area (Å²) >= 11 is 3.05. The van der Waals surface area contributed by atoms with Gasteiger partial charge in [-0.25, -0.2) is 15.0 Å². The quantitative estimate of drug-likeness (QED) is 0.461. The number of rotatable bonds is 5. The van der Waals surface area contributed by atoms with E-state index in [2.05, 4.69) is 15.0 Å². The maximum Gasteiger partial charge on any atom is 0.312 e. The molecule has 1 amide bonds. The zero-order valence-electron chi connectivity index (χ0n) is 17.1. The fourth-order valence-corrected chi connectivity index (χ4v) is 6.32. The maximum absolute atomic E-state index is 12.3. The van der Waals surface area contributed by atoms with Gasteiger partial charge in [0.15, 0.2) is 17.6 Å². The third kappa shape index (κ3) is 4.14. The normalized spacial score (nSPS) is 16.5. The standard InChI is InChI=1S/C21H23N5O3S2/c22-19-18-13-5-2-1-3-6-14(13)31-20(18)25-15(24-19)10-29-17(28)9-12-11-30-21(23-12)26-8-4-7-16(26)27/h11H,1-10H2,(H2,22,24,25). The van der Waals surface area contributed by atoms with Crippen LogP contribution in [0.15, 0.2) is 5.38 Å². The molecular weight excluding hydrogens is 434 g/mol. The van der Waals surface area contributed by atoms with E-state index in [-0.39, 0.29) is 18.9 Å². The Hall–Kier alpha value is -2.59. The SMILES string of the molecule is Nc1nc(COC(=O)Cc2csc(N3CCCC3=O)n2)nc2sc3c(c12)CCCCC3. The van der Waals surface area contributed by atoms with Gasteiger partial charge in [-0.1, -0.05) is 6.42 Å². The van der Waals surface area contributed by atoms with Gasteiger partial charge in [0.25, 0.3) is 0 Å². The molecular formula is C21H23N5O3S2. The average Bonchev–Trinajstić information content (AvgIpc) is 3.42. The van der Waals surface area contributed by atoms with Crippen molar-refractivity contribution in [1.82, 2.24) is 15.0 Å². The topological polar surface area (TPSA) is 111 Å². The van der Waals surface area contributed by atoms with Crippen LogP contribution in [0.5, 0.6) is 0 Å². The molecule has 2 N–H and O–H groups in total. The van der Waals surface area contributed by atoms with Crippen LogP contribution in [0, 0.1) is 0 Å². The van der Waals surface area contributed by atoms with E-state index in [1.807, 2.05) is 0 Å². The van der Waals surface area contributed by atoms with E-state index in [4.69, 9.17) is 10.5 Å². The van der Waals surface area contributed by atoms with Gasteiger partial charge in [0.05, 0.1) is 17.5 Å². The number of anilines is 2. The molecule has 0 bridgehead atoms. The Labute approximate surface area is 187 Å². The number of fused-ring (bicyclic) bond motifs is 3. The lowest BCUT2D eigenvalue weighted by Gasteiger charge is -2.10. The fourth-order valence-electron chi connectivity index (χ4n) is 4.17. The Balaban J connectivity index is 1.24. The van der Waals surface area contributed by atoms with Crippen LogP contribution < -0.4 is 10.6 Å². The summed E-state index contributed by atoms with van der Waals surface area (Å²) in [7, 11) is 0. The lowest BCUT2D eigenvalue weighted by Crippen LogP contribution is -2.23. The number of amides is 1. The Bertz CT molecular complexity index is 1160. The van der Waals surface area contributed by atoms with Gasteiger partial charge in [-0.05, 0) is 37.7 Å². The number of carbonyl (C=O) groups excluding carboxylic acids is 2. The Kier molecular flexibility index (Phi) is 5.58. The number of carbonyl (C=O) groups is 2. The molecule has 0 radical (unpaired) electrons. The summed E-state index contributed by atoms with van der Waals surface area (Å²) in [5, 5.41) is 3.41. The number of thiazole rings is 1. The first kappa shape index (κ1) is 20.3. The largest absolute Gasteiger partial charge is 0.457 e. The smallest absolute Gasteiger partial charge is 0.312 e. The summed E-state index contributed by atoms with van der Waals surface area (Å²) in [5.74, 6) is 0.555. The van der Waals surface area contributed by atoms with Gasteiger partial charge in [-0.15, -0.1) is 22.7 Å². The van der Waals surface area contributed by atoms with Crippen molar-refractivity contribution < 1.29 is 14.3 Å². The number of nitrogens with zero attached hydrogens (tertiary/aromatic N) is 4. The number of hydrogen-bond acceptors (Lipinski definition) is 9. The molecule has 0 atom stereocenters. The van der Waals surface area contributed by atoms with Crippen molar-refractivity contribution in [3.63, 3.8) is 0 Å². The second-order valence-corrected chi connectivity index (χ2v) is 9.80. The molecule has 0 saturated carbocycles. The highest BCUT2D eigenvalue weighted by atomic mass is 32.1. The second kappa shape index (κ2) is 8.51. The minimum atomic E-state index is -0.408. The molecule has 1 aliphatic carbocycles. The molecule has 0 spiro atoms.